The number of hydrogen-bond donors (Lipinski definition) is 1. The van der Waals surface area contributed by atoms with E-state index in [9.17, 15) is 14.3 Å². The lowest BCUT2D eigenvalue weighted by molar-refractivity contribution is -0.231. The number of nitrogens with one attached hydrogen (secondary N) is 1. The van der Waals surface area contributed by atoms with Crippen LogP contribution in [0.3, 0.4) is 0 Å². The quantitative estimate of drug-likeness (QED) is 0.277. The molecule has 1 unspecified atom stereocenters. The standard InChI is InChI=1S/C19H32NO5P/c1-2-3-4-5-6-7-8-12-15-19(21)20-25-26(22,23)24-17-16-18-13-10-9-11-14-18/h9-11,13-14H,2-8,12,15-17H2,1H3,(H,20,21)(H,22,23)/p-1. The molecule has 0 heterocycles. The topological polar surface area (TPSA) is 87.7 Å². The fourth-order valence-corrected chi connectivity index (χ4v) is 3.10. The number of rotatable bonds is 15. The van der Waals surface area contributed by atoms with Crippen LogP contribution in [-0.2, 0) is 24.9 Å². The minimum Gasteiger partial charge on any atom is -0.755 e. The molecule has 7 heteroatoms. The van der Waals surface area contributed by atoms with Crippen molar-refractivity contribution in [1.82, 2.24) is 5.48 Å². The number of carbonyl (C=O) groups is 1. The second-order valence-corrected chi connectivity index (χ2v) is 7.69. The molecule has 0 radical (unpaired) electrons. The second-order valence-electron chi connectivity index (χ2n) is 6.36. The van der Waals surface area contributed by atoms with Crippen LogP contribution in [0.2, 0.25) is 0 Å². The summed E-state index contributed by atoms with van der Waals surface area (Å²) in [6.45, 7) is 2.16. The van der Waals surface area contributed by atoms with Crippen LogP contribution in [0.5, 0.6) is 0 Å². The largest absolute Gasteiger partial charge is 0.755 e. The van der Waals surface area contributed by atoms with Crippen molar-refractivity contribution < 1.29 is 23.4 Å². The van der Waals surface area contributed by atoms with E-state index in [1.165, 1.54) is 32.1 Å². The Kier molecular flexibility index (Phi) is 12.2. The molecule has 1 N–H and O–H groups in total. The van der Waals surface area contributed by atoms with E-state index in [4.69, 9.17) is 4.52 Å². The first-order valence-corrected chi connectivity index (χ1v) is 11.0. The third-order valence-corrected chi connectivity index (χ3v) is 4.83. The lowest BCUT2D eigenvalue weighted by Crippen LogP contribution is -2.25. The number of hydroxylamine groups is 1. The minimum atomic E-state index is -4.53. The summed E-state index contributed by atoms with van der Waals surface area (Å²) < 4.78 is 20.8. The maximum atomic E-state index is 11.6. The highest BCUT2D eigenvalue weighted by molar-refractivity contribution is 7.45. The van der Waals surface area contributed by atoms with Gasteiger partial charge in [0.2, 0.25) is 5.91 Å². The van der Waals surface area contributed by atoms with Gasteiger partial charge in [-0.15, -0.1) is 0 Å². The Morgan fingerprint density at radius 1 is 1.04 bits per heavy atom. The van der Waals surface area contributed by atoms with Crippen molar-refractivity contribution in [3.05, 3.63) is 35.9 Å². The van der Waals surface area contributed by atoms with Crippen LogP contribution in [0.25, 0.3) is 0 Å². The SMILES string of the molecule is CCCCCCCCCCC(=O)NOP(=O)([O-])OCCc1ccccc1. The molecule has 26 heavy (non-hydrogen) atoms. The zero-order valence-corrected chi connectivity index (χ0v) is 16.5. The van der Waals surface area contributed by atoms with E-state index in [0.29, 0.717) is 6.42 Å². The summed E-state index contributed by atoms with van der Waals surface area (Å²) in [6, 6.07) is 9.38. The zero-order chi connectivity index (χ0) is 19.1. The molecule has 1 atom stereocenters. The van der Waals surface area contributed by atoms with Crippen LogP contribution in [-0.4, -0.2) is 12.5 Å². The zero-order valence-electron chi connectivity index (χ0n) is 15.7. The highest BCUT2D eigenvalue weighted by Gasteiger charge is 2.12. The number of phosphoric ester groups is 1. The average Bonchev–Trinajstić information content (AvgIpc) is 2.63. The Morgan fingerprint density at radius 3 is 2.31 bits per heavy atom. The summed E-state index contributed by atoms with van der Waals surface area (Å²) in [5.41, 5.74) is 2.91. The molecule has 0 fully saturated rings. The fraction of sp³-hybridized carbons (Fsp3) is 0.632. The minimum absolute atomic E-state index is 0.0291. The highest BCUT2D eigenvalue weighted by atomic mass is 31.2. The fourth-order valence-electron chi connectivity index (χ4n) is 2.52. The molecule has 1 aromatic rings. The van der Waals surface area contributed by atoms with Gasteiger partial charge in [0, 0.05) is 6.42 Å². The van der Waals surface area contributed by atoms with Crippen molar-refractivity contribution in [2.45, 2.75) is 71.1 Å². The number of carbonyl (C=O) groups excluding carboxylic acids is 1. The first-order valence-electron chi connectivity index (χ1n) is 9.50. The van der Waals surface area contributed by atoms with E-state index >= 15 is 0 Å². The maximum absolute atomic E-state index is 11.6. The first-order chi connectivity index (χ1) is 12.5. The van der Waals surface area contributed by atoms with Crippen LogP contribution < -0.4 is 10.4 Å². The lowest BCUT2D eigenvalue weighted by Gasteiger charge is -2.22. The summed E-state index contributed by atoms with van der Waals surface area (Å²) >= 11 is 0. The number of unbranched alkanes of at least 4 members (excludes halogenated alkanes) is 7. The Labute approximate surface area is 156 Å². The number of phosphoric acid groups is 1. The van der Waals surface area contributed by atoms with Crippen molar-refractivity contribution in [1.29, 1.82) is 0 Å². The van der Waals surface area contributed by atoms with E-state index in [1.807, 2.05) is 35.8 Å². The van der Waals surface area contributed by atoms with Gasteiger partial charge in [0.15, 0.2) is 0 Å². The second kappa shape index (κ2) is 13.9. The number of amides is 1. The van der Waals surface area contributed by atoms with Gasteiger partial charge in [-0.1, -0.05) is 82.2 Å². The number of hydrogen-bond acceptors (Lipinski definition) is 5. The van der Waals surface area contributed by atoms with Crippen LogP contribution >= 0.6 is 7.82 Å². The molecular weight excluding hydrogens is 353 g/mol. The smallest absolute Gasteiger partial charge is 0.290 e. The molecule has 1 aromatic carbocycles. The van der Waals surface area contributed by atoms with Crippen LogP contribution in [0.1, 0.15) is 70.3 Å². The van der Waals surface area contributed by atoms with Gasteiger partial charge in [-0.25, -0.2) is 10.1 Å². The molecule has 0 aliphatic rings. The molecular formula is C19H31NO5P-. The predicted octanol–water partition coefficient (Wildman–Crippen LogP) is 4.29. The lowest BCUT2D eigenvalue weighted by atomic mass is 10.1. The molecule has 148 valence electrons. The third kappa shape index (κ3) is 12.2. The van der Waals surface area contributed by atoms with Gasteiger partial charge in [-0.05, 0) is 18.4 Å². The average molecular weight is 384 g/mol. The molecule has 0 saturated heterocycles. The Balaban J connectivity index is 2.04. The molecule has 0 aromatic heterocycles. The Bertz CT molecular complexity index is 538. The molecule has 0 saturated carbocycles. The van der Waals surface area contributed by atoms with E-state index in [-0.39, 0.29) is 13.0 Å². The molecule has 1 amide bonds. The monoisotopic (exact) mass is 384 g/mol. The van der Waals surface area contributed by atoms with Gasteiger partial charge in [0.1, 0.15) is 0 Å². The Morgan fingerprint density at radius 2 is 1.65 bits per heavy atom. The van der Waals surface area contributed by atoms with E-state index in [1.54, 1.807) is 0 Å². The predicted molar refractivity (Wildman–Crippen MR) is 100 cm³/mol. The van der Waals surface area contributed by atoms with Gasteiger partial charge < -0.3 is 9.42 Å². The van der Waals surface area contributed by atoms with Gasteiger partial charge in [-0.2, -0.15) is 0 Å². The van der Waals surface area contributed by atoms with E-state index in [0.717, 1.165) is 24.8 Å². The Hall–Kier alpha value is -1.20. The molecule has 0 aliphatic carbocycles. The van der Waals surface area contributed by atoms with Crippen LogP contribution in [0, 0.1) is 0 Å². The van der Waals surface area contributed by atoms with Gasteiger partial charge in [0.05, 0.1) is 6.61 Å². The molecule has 0 aliphatic heterocycles. The number of benzene rings is 1. The van der Waals surface area contributed by atoms with Gasteiger partial charge in [0.25, 0.3) is 7.82 Å². The highest BCUT2D eigenvalue weighted by Crippen LogP contribution is 2.36. The van der Waals surface area contributed by atoms with Crippen molar-refractivity contribution in [3.63, 3.8) is 0 Å². The summed E-state index contributed by atoms with van der Waals surface area (Å²) in [5.74, 6) is -0.446. The molecule has 1 rings (SSSR count). The van der Waals surface area contributed by atoms with E-state index in [2.05, 4.69) is 11.5 Å². The van der Waals surface area contributed by atoms with Crippen LogP contribution in [0.4, 0.5) is 0 Å². The van der Waals surface area contributed by atoms with Crippen molar-refractivity contribution in [2.24, 2.45) is 0 Å². The van der Waals surface area contributed by atoms with Crippen LogP contribution in [0.15, 0.2) is 30.3 Å². The normalized spacial score (nSPS) is 13.3. The van der Waals surface area contributed by atoms with Crippen molar-refractivity contribution in [2.75, 3.05) is 6.61 Å². The van der Waals surface area contributed by atoms with E-state index < -0.39 is 13.7 Å². The summed E-state index contributed by atoms with van der Waals surface area (Å²) in [7, 11) is -4.53. The summed E-state index contributed by atoms with van der Waals surface area (Å²) in [5, 5.41) is 0. The summed E-state index contributed by atoms with van der Waals surface area (Å²) in [4.78, 5) is 23.2. The third-order valence-electron chi connectivity index (χ3n) is 4.01. The van der Waals surface area contributed by atoms with Gasteiger partial charge in [-0.3, -0.25) is 9.36 Å². The molecule has 0 bridgehead atoms. The van der Waals surface area contributed by atoms with Crippen molar-refractivity contribution >= 4 is 13.7 Å². The molecule has 6 nitrogen and oxygen atoms in total. The maximum Gasteiger partial charge on any atom is 0.290 e. The summed E-state index contributed by atoms with van der Waals surface area (Å²) in [6.07, 6.45) is 9.69. The van der Waals surface area contributed by atoms with Crippen molar-refractivity contribution in [3.8, 4) is 0 Å². The van der Waals surface area contributed by atoms with Gasteiger partial charge >= 0.3 is 0 Å². The first kappa shape index (κ1) is 22.8. The molecule has 0 spiro atoms.